The third-order valence-corrected chi connectivity index (χ3v) is 8.61. The average Bonchev–Trinajstić information content (AvgIpc) is 3.69. The van der Waals surface area contributed by atoms with Crippen molar-refractivity contribution >= 4 is 36.1 Å². The van der Waals surface area contributed by atoms with E-state index in [1.54, 1.807) is 59.4 Å². The molecular formula is C26H29N4O8PS. The van der Waals surface area contributed by atoms with Gasteiger partial charge in [-0.15, -0.1) is 0 Å². The highest BCUT2D eigenvalue weighted by atomic mass is 32.1. The molecule has 212 valence electrons. The molecule has 0 radical (unpaired) electrons. The summed E-state index contributed by atoms with van der Waals surface area (Å²) in [6, 6.07) is 11.0. The zero-order valence-electron chi connectivity index (χ0n) is 21.7. The Labute approximate surface area is 234 Å². The maximum Gasteiger partial charge on any atom is 0.459 e. The third kappa shape index (κ3) is 5.96. The van der Waals surface area contributed by atoms with Gasteiger partial charge in [0, 0.05) is 22.5 Å². The molecule has 0 amide bonds. The summed E-state index contributed by atoms with van der Waals surface area (Å²) < 4.78 is 37.5. The van der Waals surface area contributed by atoms with Crippen LogP contribution in [0.3, 0.4) is 0 Å². The number of para-hydroxylation sites is 1. The first kappa shape index (κ1) is 28.4. The first-order valence-electron chi connectivity index (χ1n) is 12.6. The van der Waals surface area contributed by atoms with E-state index < -0.39 is 50.9 Å². The molecule has 5 rings (SSSR count). The van der Waals surface area contributed by atoms with Gasteiger partial charge in [0.15, 0.2) is 6.23 Å². The number of nitrogens with one attached hydrogen (secondary N) is 1. The van der Waals surface area contributed by atoms with Crippen LogP contribution < -0.4 is 9.61 Å². The van der Waals surface area contributed by atoms with Gasteiger partial charge in [-0.25, -0.2) is 14.5 Å². The van der Waals surface area contributed by atoms with Crippen LogP contribution in [0.15, 0.2) is 65.7 Å². The van der Waals surface area contributed by atoms with Gasteiger partial charge in [-0.3, -0.25) is 9.32 Å². The van der Waals surface area contributed by atoms with Crippen molar-refractivity contribution in [3.63, 3.8) is 0 Å². The summed E-state index contributed by atoms with van der Waals surface area (Å²) in [4.78, 5) is 21.0. The van der Waals surface area contributed by atoms with Gasteiger partial charge in [0.2, 0.25) is 0 Å². The predicted octanol–water partition coefficient (Wildman–Crippen LogP) is 3.52. The number of aromatic nitrogens is 3. The lowest BCUT2D eigenvalue weighted by atomic mass is 10.1. The van der Waals surface area contributed by atoms with Gasteiger partial charge >= 0.3 is 13.7 Å². The Kier molecular flexibility index (Phi) is 8.62. The van der Waals surface area contributed by atoms with Gasteiger partial charge in [0.25, 0.3) is 0 Å². The molecule has 0 saturated carbocycles. The van der Waals surface area contributed by atoms with Crippen LogP contribution in [0, 0.1) is 0 Å². The molecule has 1 saturated heterocycles. The number of ether oxygens (including phenoxy) is 2. The fourth-order valence-corrected chi connectivity index (χ4v) is 6.48. The smallest absolute Gasteiger partial charge is 0.459 e. The zero-order valence-corrected chi connectivity index (χ0v) is 23.4. The summed E-state index contributed by atoms with van der Waals surface area (Å²) >= 11 is 1.55. The second-order valence-electron chi connectivity index (χ2n) is 9.04. The molecule has 0 aliphatic carbocycles. The molecule has 40 heavy (non-hydrogen) atoms. The van der Waals surface area contributed by atoms with Crippen molar-refractivity contribution in [3.05, 3.63) is 65.7 Å². The normalized spacial score (nSPS) is 23.1. The summed E-state index contributed by atoms with van der Waals surface area (Å²) in [5.74, 6) is -0.404. The average molecular weight is 589 g/mol. The number of benzene rings is 1. The second kappa shape index (κ2) is 12.1. The van der Waals surface area contributed by atoms with Crippen molar-refractivity contribution in [1.82, 2.24) is 19.6 Å². The van der Waals surface area contributed by atoms with Crippen LogP contribution in [0.2, 0.25) is 0 Å². The maximum atomic E-state index is 13.7. The fraction of sp³-hybridized carbons (Fsp3) is 0.346. The van der Waals surface area contributed by atoms with E-state index in [9.17, 15) is 19.6 Å². The standard InChI is InChI=1S/C26H29N4O8PS/c1-3-35-26(33)16(2)29-39(34,38-18-7-5-4-6-8-18)36-13-20-22(31)23(32)25(37-20)30-11-9-19-21(17-10-12-40-14-17)27-15-28-24(19)30/h4-12,14-16,20,22-23,25,31-32H,3,13H2,1-2H3,(H,29,34)/t16-,20+,22+,23+,25+,39?/m0/s1. The van der Waals surface area contributed by atoms with Gasteiger partial charge in [-0.2, -0.15) is 16.4 Å². The van der Waals surface area contributed by atoms with Crippen LogP contribution in [-0.4, -0.2) is 68.3 Å². The van der Waals surface area contributed by atoms with Crippen LogP contribution in [0.25, 0.3) is 22.3 Å². The molecule has 1 fully saturated rings. The Morgan fingerprint density at radius 1 is 1.20 bits per heavy atom. The number of carbonyl (C=O) groups is 1. The third-order valence-electron chi connectivity index (χ3n) is 6.28. The molecule has 1 aromatic carbocycles. The second-order valence-corrected chi connectivity index (χ2v) is 11.5. The van der Waals surface area contributed by atoms with Crippen LogP contribution >= 0.6 is 19.1 Å². The van der Waals surface area contributed by atoms with Gasteiger partial charge in [-0.1, -0.05) is 18.2 Å². The minimum atomic E-state index is -4.18. The first-order valence-corrected chi connectivity index (χ1v) is 15.1. The number of fused-ring (bicyclic) bond motifs is 1. The number of thiophene rings is 1. The van der Waals surface area contributed by atoms with E-state index in [1.807, 2.05) is 22.9 Å². The number of aliphatic hydroxyl groups excluding tert-OH is 2. The molecule has 4 heterocycles. The molecule has 0 bridgehead atoms. The number of nitrogens with zero attached hydrogens (tertiary/aromatic N) is 3. The largest absolute Gasteiger partial charge is 0.465 e. The fourth-order valence-electron chi connectivity index (χ4n) is 4.34. The van der Waals surface area contributed by atoms with Crippen molar-refractivity contribution in [2.45, 2.75) is 44.4 Å². The topological polar surface area (TPSA) is 154 Å². The van der Waals surface area contributed by atoms with Gasteiger partial charge < -0.3 is 28.8 Å². The molecular weight excluding hydrogens is 559 g/mol. The summed E-state index contributed by atoms with van der Waals surface area (Å²) in [7, 11) is -4.18. The maximum absolute atomic E-state index is 13.7. The van der Waals surface area contributed by atoms with Crippen LogP contribution in [0.5, 0.6) is 5.75 Å². The van der Waals surface area contributed by atoms with E-state index in [1.165, 1.54) is 13.3 Å². The first-order chi connectivity index (χ1) is 19.3. The number of hydrogen-bond donors (Lipinski definition) is 3. The summed E-state index contributed by atoms with van der Waals surface area (Å²) in [5, 5.41) is 28.9. The zero-order chi connectivity index (χ0) is 28.3. The number of rotatable bonds is 11. The van der Waals surface area contributed by atoms with Crippen molar-refractivity contribution in [1.29, 1.82) is 0 Å². The van der Waals surface area contributed by atoms with Crippen LogP contribution in [0.1, 0.15) is 20.1 Å². The Balaban J connectivity index is 1.34. The Bertz CT molecular complexity index is 1480. The quantitative estimate of drug-likeness (QED) is 0.174. The van der Waals surface area contributed by atoms with Crippen molar-refractivity contribution in [2.75, 3.05) is 13.2 Å². The minimum absolute atomic E-state index is 0.144. The van der Waals surface area contributed by atoms with E-state index in [4.69, 9.17) is 18.5 Å². The summed E-state index contributed by atoms with van der Waals surface area (Å²) in [6.45, 7) is 2.84. The van der Waals surface area contributed by atoms with Crippen molar-refractivity contribution < 1.29 is 38.1 Å². The highest BCUT2D eigenvalue weighted by Gasteiger charge is 2.46. The van der Waals surface area contributed by atoms with Gasteiger partial charge in [-0.05, 0) is 43.5 Å². The molecule has 1 aliphatic rings. The van der Waals surface area contributed by atoms with Gasteiger partial charge in [0.1, 0.15) is 42.1 Å². The lowest BCUT2D eigenvalue weighted by Crippen LogP contribution is -2.37. The molecule has 0 spiro atoms. The molecule has 12 nitrogen and oxygen atoms in total. The molecule has 6 atom stereocenters. The SMILES string of the molecule is CCOC(=O)[C@H](C)NP(=O)(OC[C@H]1O[C@@H](n2ccc3c(-c4ccsc4)ncnc32)[C@H](O)[C@@H]1O)Oc1ccccc1. The van der Waals surface area contributed by atoms with Crippen molar-refractivity contribution in [3.8, 4) is 17.0 Å². The molecule has 1 unspecified atom stereocenters. The molecule has 1 aliphatic heterocycles. The Hall–Kier alpha value is -3.16. The van der Waals surface area contributed by atoms with E-state index in [2.05, 4.69) is 15.1 Å². The van der Waals surface area contributed by atoms with E-state index >= 15 is 0 Å². The minimum Gasteiger partial charge on any atom is -0.465 e. The Morgan fingerprint density at radius 2 is 2.00 bits per heavy atom. The lowest BCUT2D eigenvalue weighted by molar-refractivity contribution is -0.144. The summed E-state index contributed by atoms with van der Waals surface area (Å²) in [5.41, 5.74) is 2.18. The Morgan fingerprint density at radius 3 is 2.73 bits per heavy atom. The van der Waals surface area contributed by atoms with Crippen molar-refractivity contribution in [2.24, 2.45) is 0 Å². The number of carbonyl (C=O) groups excluding carboxylic acids is 1. The van der Waals surface area contributed by atoms with Gasteiger partial charge in [0.05, 0.1) is 18.9 Å². The van der Waals surface area contributed by atoms with E-state index in [-0.39, 0.29) is 12.4 Å². The molecule has 4 aromatic rings. The lowest BCUT2D eigenvalue weighted by Gasteiger charge is -2.24. The number of esters is 1. The highest BCUT2D eigenvalue weighted by molar-refractivity contribution is 7.52. The van der Waals surface area contributed by atoms with E-state index in [0.29, 0.717) is 5.65 Å². The number of hydrogen-bond acceptors (Lipinski definition) is 11. The monoisotopic (exact) mass is 588 g/mol. The van der Waals surface area contributed by atoms with Crippen LogP contribution in [-0.2, 0) is 23.4 Å². The highest BCUT2D eigenvalue weighted by Crippen LogP contribution is 2.46. The predicted molar refractivity (Wildman–Crippen MR) is 147 cm³/mol. The molecule has 3 N–H and O–H groups in total. The summed E-state index contributed by atoms with van der Waals surface area (Å²) in [6.07, 6.45) is -1.68. The molecule has 14 heteroatoms. The van der Waals surface area contributed by atoms with E-state index in [0.717, 1.165) is 16.6 Å². The molecule has 3 aromatic heterocycles. The van der Waals surface area contributed by atoms with Crippen LogP contribution in [0.4, 0.5) is 0 Å². The number of aliphatic hydroxyl groups is 2.